The number of hydrogen-bond donors (Lipinski definition) is 0. The molecule has 0 aliphatic rings. The molecule has 2 nitrogen and oxygen atoms in total. The first-order valence-corrected chi connectivity index (χ1v) is 2.56. The van der Waals surface area contributed by atoms with Crippen LogP contribution in [-0.4, -0.2) is 35.7 Å². The predicted molar refractivity (Wildman–Crippen MR) is 41.0 cm³/mol. The molecular weight excluding hydrogens is 126 g/mol. The highest BCUT2D eigenvalue weighted by atomic mass is 24.3. The standard InChI is InChI=1S/C6H9NO.Mg.2H/c1-2-3-4-5-7-6-8;;;/h2H,1,3-5H2;;;. The molecule has 0 saturated heterocycles. The van der Waals surface area contributed by atoms with Crippen LogP contribution in [0.3, 0.4) is 0 Å². The van der Waals surface area contributed by atoms with Crippen molar-refractivity contribution in [3.05, 3.63) is 12.7 Å². The van der Waals surface area contributed by atoms with Crippen molar-refractivity contribution < 1.29 is 4.79 Å². The average molecular weight is 137 g/mol. The predicted octanol–water partition coefficient (Wildman–Crippen LogP) is 0.372. The molecule has 0 fully saturated rings. The highest BCUT2D eigenvalue weighted by molar-refractivity contribution is 5.75. The summed E-state index contributed by atoms with van der Waals surface area (Å²) < 4.78 is 0. The molecule has 0 N–H and O–H groups in total. The Hall–Kier alpha value is -0.114. The molecule has 9 heavy (non-hydrogen) atoms. The molecule has 0 aromatic carbocycles. The van der Waals surface area contributed by atoms with Crippen LogP contribution in [0.1, 0.15) is 12.8 Å². The molecule has 0 atom stereocenters. The van der Waals surface area contributed by atoms with Crippen LogP contribution in [0.4, 0.5) is 0 Å². The molecule has 0 aromatic heterocycles. The van der Waals surface area contributed by atoms with Gasteiger partial charge < -0.3 is 0 Å². The van der Waals surface area contributed by atoms with Crippen LogP contribution >= 0.6 is 0 Å². The molecule has 0 heterocycles. The Morgan fingerprint density at radius 1 is 1.67 bits per heavy atom. The van der Waals surface area contributed by atoms with E-state index in [0.717, 1.165) is 12.8 Å². The van der Waals surface area contributed by atoms with E-state index < -0.39 is 0 Å². The summed E-state index contributed by atoms with van der Waals surface area (Å²) in [5.74, 6) is 0. The van der Waals surface area contributed by atoms with Crippen molar-refractivity contribution in [2.24, 2.45) is 4.99 Å². The van der Waals surface area contributed by atoms with Crippen LogP contribution in [0.5, 0.6) is 0 Å². The van der Waals surface area contributed by atoms with Gasteiger partial charge >= 0.3 is 23.1 Å². The first-order valence-electron chi connectivity index (χ1n) is 2.56. The lowest BCUT2D eigenvalue weighted by molar-refractivity contribution is 0.562. The Labute approximate surface area is 71.2 Å². The summed E-state index contributed by atoms with van der Waals surface area (Å²) in [4.78, 5) is 12.8. The number of rotatable bonds is 4. The first-order chi connectivity index (χ1) is 3.91. The lowest BCUT2D eigenvalue weighted by Crippen LogP contribution is -1.75. The smallest absolute Gasteiger partial charge is 0.211 e. The second kappa shape index (κ2) is 10.8. The van der Waals surface area contributed by atoms with E-state index in [2.05, 4.69) is 11.6 Å². The third-order valence-electron chi connectivity index (χ3n) is 0.743. The van der Waals surface area contributed by atoms with Crippen molar-refractivity contribution in [1.82, 2.24) is 0 Å². The maximum atomic E-state index is 9.45. The van der Waals surface area contributed by atoms with E-state index in [1.165, 1.54) is 6.08 Å². The number of carbonyl (C=O) groups excluding carboxylic acids is 1. The molecule has 0 radical (unpaired) electrons. The van der Waals surface area contributed by atoms with Crippen molar-refractivity contribution in [2.75, 3.05) is 6.54 Å². The minimum absolute atomic E-state index is 0. The third-order valence-corrected chi connectivity index (χ3v) is 0.743. The lowest BCUT2D eigenvalue weighted by Gasteiger charge is -1.82. The molecule has 0 rings (SSSR count). The Morgan fingerprint density at radius 3 is 2.78 bits per heavy atom. The fraction of sp³-hybridized carbons (Fsp3) is 0.500. The maximum absolute atomic E-state index is 9.45. The molecule has 3 heteroatoms. The molecule has 48 valence electrons. The van der Waals surface area contributed by atoms with Crippen molar-refractivity contribution in [3.63, 3.8) is 0 Å². The van der Waals surface area contributed by atoms with Gasteiger partial charge in [-0.15, -0.1) is 6.58 Å². The Morgan fingerprint density at radius 2 is 2.33 bits per heavy atom. The van der Waals surface area contributed by atoms with E-state index in [4.69, 9.17) is 0 Å². The van der Waals surface area contributed by atoms with E-state index in [1.54, 1.807) is 6.08 Å². The Bertz CT molecular complexity index is 108. The summed E-state index contributed by atoms with van der Waals surface area (Å²) >= 11 is 0. The largest absolute Gasteiger partial charge is 0.316 e. The number of isocyanates is 1. The molecule has 0 bridgehead atoms. The topological polar surface area (TPSA) is 29.4 Å². The van der Waals surface area contributed by atoms with E-state index in [-0.39, 0.29) is 23.1 Å². The molecule has 0 saturated carbocycles. The normalized spacial score (nSPS) is 6.67. The molecule has 0 spiro atoms. The van der Waals surface area contributed by atoms with Gasteiger partial charge in [-0.3, -0.25) is 0 Å². The van der Waals surface area contributed by atoms with Gasteiger partial charge in [-0.05, 0) is 12.8 Å². The van der Waals surface area contributed by atoms with Crippen LogP contribution in [0, 0.1) is 0 Å². The van der Waals surface area contributed by atoms with Crippen LogP contribution < -0.4 is 0 Å². The van der Waals surface area contributed by atoms with Crippen LogP contribution in [0.25, 0.3) is 0 Å². The summed E-state index contributed by atoms with van der Waals surface area (Å²) in [6.45, 7) is 4.10. The number of nitrogens with zero attached hydrogens (tertiary/aromatic N) is 1. The lowest BCUT2D eigenvalue weighted by atomic mass is 10.3. The summed E-state index contributed by atoms with van der Waals surface area (Å²) in [6, 6.07) is 0. The second-order valence-electron chi connectivity index (χ2n) is 1.40. The minimum atomic E-state index is 0. The van der Waals surface area contributed by atoms with Gasteiger partial charge in [0.1, 0.15) is 0 Å². The molecule has 0 aliphatic carbocycles. The van der Waals surface area contributed by atoms with Crippen LogP contribution in [-0.2, 0) is 4.79 Å². The SMILES string of the molecule is C=CCCCN=C=O.[MgH2]. The van der Waals surface area contributed by atoms with Gasteiger partial charge in [-0.2, -0.15) is 0 Å². The third kappa shape index (κ3) is 11.4. The number of hydrogen-bond acceptors (Lipinski definition) is 2. The molecule has 0 amide bonds. The van der Waals surface area contributed by atoms with Gasteiger partial charge in [-0.25, -0.2) is 9.79 Å². The summed E-state index contributed by atoms with van der Waals surface area (Å²) in [5, 5.41) is 0. The second-order valence-corrected chi connectivity index (χ2v) is 1.40. The molecule has 0 aromatic rings. The zero-order chi connectivity index (χ0) is 6.24. The van der Waals surface area contributed by atoms with Crippen molar-refractivity contribution in [2.45, 2.75) is 12.8 Å². The molecular formula is C6H11MgNO. The van der Waals surface area contributed by atoms with Gasteiger partial charge in [0.2, 0.25) is 6.08 Å². The average Bonchev–Trinajstić information content (AvgIpc) is 1.81. The fourth-order valence-electron chi connectivity index (χ4n) is 0.360. The zero-order valence-corrected chi connectivity index (χ0v) is 4.76. The highest BCUT2D eigenvalue weighted by Crippen LogP contribution is 1.87. The van der Waals surface area contributed by atoms with Gasteiger partial charge in [-0.1, -0.05) is 6.08 Å². The van der Waals surface area contributed by atoms with Gasteiger partial charge in [0.05, 0.1) is 6.54 Å². The van der Waals surface area contributed by atoms with Gasteiger partial charge in [0, 0.05) is 0 Å². The Balaban J connectivity index is 0. The quantitative estimate of drug-likeness (QED) is 0.181. The van der Waals surface area contributed by atoms with E-state index in [1.807, 2.05) is 0 Å². The van der Waals surface area contributed by atoms with Crippen molar-refractivity contribution in [1.29, 1.82) is 0 Å². The molecule has 0 unspecified atom stereocenters. The van der Waals surface area contributed by atoms with Crippen molar-refractivity contribution >= 4 is 29.1 Å². The van der Waals surface area contributed by atoms with E-state index in [9.17, 15) is 4.79 Å². The Kier molecular flexibility index (Phi) is 14.0. The number of unbranched alkanes of at least 4 members (excludes halogenated alkanes) is 1. The summed E-state index contributed by atoms with van der Waals surface area (Å²) in [5.41, 5.74) is 0. The fourth-order valence-corrected chi connectivity index (χ4v) is 0.360. The van der Waals surface area contributed by atoms with Crippen LogP contribution in [0.15, 0.2) is 17.6 Å². The van der Waals surface area contributed by atoms with E-state index in [0.29, 0.717) is 6.54 Å². The van der Waals surface area contributed by atoms with Gasteiger partial charge in [0.25, 0.3) is 0 Å². The van der Waals surface area contributed by atoms with E-state index >= 15 is 0 Å². The monoisotopic (exact) mass is 137 g/mol. The van der Waals surface area contributed by atoms with Gasteiger partial charge in [0.15, 0.2) is 0 Å². The summed E-state index contributed by atoms with van der Waals surface area (Å²) in [7, 11) is 0. The van der Waals surface area contributed by atoms with Crippen molar-refractivity contribution in [3.8, 4) is 0 Å². The number of aliphatic imine (C=N–C) groups is 1. The highest BCUT2D eigenvalue weighted by Gasteiger charge is 1.76. The molecule has 0 aliphatic heterocycles. The number of allylic oxidation sites excluding steroid dienone is 1. The maximum Gasteiger partial charge on any atom is 0.316 e. The van der Waals surface area contributed by atoms with Crippen LogP contribution in [0.2, 0.25) is 0 Å². The minimum Gasteiger partial charge on any atom is -0.211 e. The zero-order valence-electron chi connectivity index (χ0n) is 4.76. The summed E-state index contributed by atoms with van der Waals surface area (Å²) in [6.07, 6.45) is 5.10. The first kappa shape index (κ1) is 11.7.